The molecule has 1 aromatic heterocycles. The van der Waals surface area contributed by atoms with Crippen molar-refractivity contribution >= 4 is 51.2 Å². The molecular formula is C29H26N2O4S2. The van der Waals surface area contributed by atoms with Gasteiger partial charge < -0.3 is 18.8 Å². The standard InChI is InChI=1S/C29H26N2O4S2/c1-33-22-13-11-20(12-14-22)18-31-28(32)27(37-29(31)36)17-21-19-30(24-8-4-3-7-23(21)24)15-16-35-26-10-6-5-9-25(26)34-2/h3-14,17,19H,15-16,18H2,1-2H3/b27-17-. The fourth-order valence-electron chi connectivity index (χ4n) is 4.26. The average Bonchev–Trinajstić information content (AvgIpc) is 3.41. The smallest absolute Gasteiger partial charge is 0.266 e. The van der Waals surface area contributed by atoms with Crippen molar-refractivity contribution in [3.8, 4) is 17.2 Å². The van der Waals surface area contributed by atoms with E-state index >= 15 is 0 Å². The molecule has 1 aliphatic rings. The molecule has 0 saturated carbocycles. The quantitative estimate of drug-likeness (QED) is 0.191. The predicted molar refractivity (Wildman–Crippen MR) is 152 cm³/mol. The van der Waals surface area contributed by atoms with E-state index in [4.69, 9.17) is 26.4 Å². The average molecular weight is 531 g/mol. The molecule has 0 N–H and O–H groups in total. The van der Waals surface area contributed by atoms with E-state index < -0.39 is 0 Å². The molecule has 1 amide bonds. The molecule has 188 valence electrons. The lowest BCUT2D eigenvalue weighted by Crippen LogP contribution is -2.27. The van der Waals surface area contributed by atoms with E-state index in [1.807, 2.05) is 66.7 Å². The number of rotatable bonds is 9. The van der Waals surface area contributed by atoms with Crippen LogP contribution in [0, 0.1) is 0 Å². The molecule has 0 spiro atoms. The lowest BCUT2D eigenvalue weighted by molar-refractivity contribution is -0.122. The maximum Gasteiger partial charge on any atom is 0.266 e. The highest BCUT2D eigenvalue weighted by molar-refractivity contribution is 8.26. The lowest BCUT2D eigenvalue weighted by Gasteiger charge is -2.14. The second kappa shape index (κ2) is 11.1. The Kier molecular flexibility index (Phi) is 7.48. The predicted octanol–water partition coefficient (Wildman–Crippen LogP) is 6.14. The van der Waals surface area contributed by atoms with Crippen molar-refractivity contribution in [1.29, 1.82) is 0 Å². The largest absolute Gasteiger partial charge is 0.497 e. The van der Waals surface area contributed by atoms with Crippen LogP contribution in [0.4, 0.5) is 0 Å². The normalized spacial score (nSPS) is 14.5. The van der Waals surface area contributed by atoms with Gasteiger partial charge in [0.05, 0.1) is 32.2 Å². The second-order valence-corrected chi connectivity index (χ2v) is 10.1. The first-order chi connectivity index (χ1) is 18.1. The fraction of sp³-hybridized carbons (Fsp3) is 0.172. The van der Waals surface area contributed by atoms with Gasteiger partial charge >= 0.3 is 0 Å². The maximum absolute atomic E-state index is 13.3. The van der Waals surface area contributed by atoms with Crippen molar-refractivity contribution in [3.63, 3.8) is 0 Å². The number of thiocarbonyl (C=S) groups is 1. The van der Waals surface area contributed by atoms with E-state index in [1.165, 1.54) is 11.8 Å². The number of nitrogens with zero attached hydrogens (tertiary/aromatic N) is 2. The van der Waals surface area contributed by atoms with Gasteiger partial charge in [0.25, 0.3) is 5.91 Å². The van der Waals surface area contributed by atoms with Gasteiger partial charge in [-0.15, -0.1) is 0 Å². The van der Waals surface area contributed by atoms with E-state index in [2.05, 4.69) is 22.9 Å². The molecule has 4 aromatic rings. The molecule has 2 heterocycles. The molecule has 1 saturated heterocycles. The summed E-state index contributed by atoms with van der Waals surface area (Å²) in [5.74, 6) is 2.11. The van der Waals surface area contributed by atoms with Crippen LogP contribution in [0.1, 0.15) is 11.1 Å². The first-order valence-electron chi connectivity index (χ1n) is 11.8. The van der Waals surface area contributed by atoms with Crippen molar-refractivity contribution < 1.29 is 19.0 Å². The van der Waals surface area contributed by atoms with Gasteiger partial charge in [0, 0.05) is 22.7 Å². The summed E-state index contributed by atoms with van der Waals surface area (Å²) in [6.07, 6.45) is 4.00. The number of ether oxygens (including phenoxy) is 3. The minimum atomic E-state index is -0.0813. The van der Waals surface area contributed by atoms with Gasteiger partial charge in [-0.3, -0.25) is 9.69 Å². The minimum Gasteiger partial charge on any atom is -0.497 e. The van der Waals surface area contributed by atoms with Gasteiger partial charge in [-0.05, 0) is 42.0 Å². The molecule has 0 radical (unpaired) electrons. The summed E-state index contributed by atoms with van der Waals surface area (Å²) in [5.41, 5.74) is 3.04. The molecule has 0 bridgehead atoms. The van der Waals surface area contributed by atoms with Crippen molar-refractivity contribution in [2.75, 3.05) is 20.8 Å². The van der Waals surface area contributed by atoms with Gasteiger partial charge in [0.1, 0.15) is 16.7 Å². The Bertz CT molecular complexity index is 1480. The molecule has 1 fully saturated rings. The fourth-order valence-corrected chi connectivity index (χ4v) is 5.50. The number of methoxy groups -OCH3 is 2. The van der Waals surface area contributed by atoms with Crippen molar-refractivity contribution in [1.82, 2.24) is 9.47 Å². The third-order valence-electron chi connectivity index (χ3n) is 6.14. The monoisotopic (exact) mass is 530 g/mol. The number of amides is 1. The Labute approximate surface area is 225 Å². The molecule has 6 nitrogen and oxygen atoms in total. The van der Waals surface area contributed by atoms with Gasteiger partial charge in [0.2, 0.25) is 0 Å². The van der Waals surface area contributed by atoms with Crippen LogP contribution >= 0.6 is 24.0 Å². The maximum atomic E-state index is 13.3. The van der Waals surface area contributed by atoms with E-state index in [-0.39, 0.29) is 5.91 Å². The highest BCUT2D eigenvalue weighted by atomic mass is 32.2. The van der Waals surface area contributed by atoms with Crippen LogP contribution < -0.4 is 14.2 Å². The molecular weight excluding hydrogens is 504 g/mol. The summed E-state index contributed by atoms with van der Waals surface area (Å²) in [7, 11) is 3.26. The van der Waals surface area contributed by atoms with Crippen LogP contribution in [0.5, 0.6) is 17.2 Å². The zero-order chi connectivity index (χ0) is 25.8. The summed E-state index contributed by atoms with van der Waals surface area (Å²) in [4.78, 5) is 15.5. The van der Waals surface area contributed by atoms with Crippen molar-refractivity contribution in [2.24, 2.45) is 0 Å². The SMILES string of the molecule is COc1ccc(CN2C(=O)/C(=C/c3cn(CCOc4ccccc4OC)c4ccccc34)SC2=S)cc1. The zero-order valence-electron chi connectivity index (χ0n) is 20.5. The summed E-state index contributed by atoms with van der Waals surface area (Å²) in [6.45, 7) is 1.54. The van der Waals surface area contributed by atoms with Gasteiger partial charge in [0.15, 0.2) is 11.5 Å². The first-order valence-corrected chi connectivity index (χ1v) is 13.0. The lowest BCUT2D eigenvalue weighted by atomic mass is 10.1. The van der Waals surface area contributed by atoms with E-state index in [0.29, 0.717) is 40.4 Å². The van der Waals surface area contributed by atoms with Crippen molar-refractivity contribution in [2.45, 2.75) is 13.1 Å². The van der Waals surface area contributed by atoms with Crippen LogP contribution in [0.3, 0.4) is 0 Å². The number of carbonyl (C=O) groups is 1. The number of hydrogen-bond acceptors (Lipinski definition) is 6. The third kappa shape index (κ3) is 5.35. The third-order valence-corrected chi connectivity index (χ3v) is 7.52. The van der Waals surface area contributed by atoms with Crippen LogP contribution in [0.25, 0.3) is 17.0 Å². The summed E-state index contributed by atoms with van der Waals surface area (Å²) >= 11 is 6.89. The number of thioether (sulfide) groups is 1. The molecule has 0 aliphatic carbocycles. The van der Waals surface area contributed by atoms with Crippen LogP contribution in [0.15, 0.2) is 83.9 Å². The molecule has 0 unspecified atom stereocenters. The van der Waals surface area contributed by atoms with E-state index in [1.54, 1.807) is 19.1 Å². The van der Waals surface area contributed by atoms with Gasteiger partial charge in [-0.1, -0.05) is 66.4 Å². The number of carbonyl (C=O) groups excluding carboxylic acids is 1. The number of para-hydroxylation sites is 3. The molecule has 8 heteroatoms. The zero-order valence-corrected chi connectivity index (χ0v) is 22.2. The Balaban J connectivity index is 1.34. The number of fused-ring (bicyclic) bond motifs is 1. The molecule has 0 atom stereocenters. The van der Waals surface area contributed by atoms with Gasteiger partial charge in [-0.2, -0.15) is 0 Å². The molecule has 37 heavy (non-hydrogen) atoms. The second-order valence-electron chi connectivity index (χ2n) is 8.41. The molecule has 5 rings (SSSR count). The number of benzene rings is 3. The Morgan fingerprint density at radius 2 is 1.65 bits per heavy atom. The highest BCUT2D eigenvalue weighted by Gasteiger charge is 2.32. The van der Waals surface area contributed by atoms with E-state index in [9.17, 15) is 4.79 Å². The van der Waals surface area contributed by atoms with Crippen LogP contribution in [-0.4, -0.2) is 40.5 Å². The number of aromatic nitrogens is 1. The Hall–Kier alpha value is -3.75. The van der Waals surface area contributed by atoms with E-state index in [0.717, 1.165) is 27.8 Å². The van der Waals surface area contributed by atoms with Crippen molar-refractivity contribution in [3.05, 3.63) is 95.0 Å². The minimum absolute atomic E-state index is 0.0813. The Morgan fingerprint density at radius 1 is 0.919 bits per heavy atom. The van der Waals surface area contributed by atoms with Crippen LogP contribution in [-0.2, 0) is 17.9 Å². The molecule has 3 aromatic carbocycles. The Morgan fingerprint density at radius 3 is 2.41 bits per heavy atom. The summed E-state index contributed by atoms with van der Waals surface area (Å²) in [6, 6.07) is 23.4. The first kappa shape index (κ1) is 24.9. The van der Waals surface area contributed by atoms with Crippen LogP contribution in [0.2, 0.25) is 0 Å². The summed E-state index contributed by atoms with van der Waals surface area (Å²) in [5, 5.41) is 1.07. The van der Waals surface area contributed by atoms with Gasteiger partial charge in [-0.25, -0.2) is 0 Å². The highest BCUT2D eigenvalue weighted by Crippen LogP contribution is 2.35. The molecule has 1 aliphatic heterocycles. The number of hydrogen-bond donors (Lipinski definition) is 0. The topological polar surface area (TPSA) is 52.9 Å². The summed E-state index contributed by atoms with van der Waals surface area (Å²) < 4.78 is 19.3.